The molecule has 0 radical (unpaired) electrons. The maximum Gasteiger partial charge on any atom is 0.256 e. The molecule has 216 valence electrons. The Bertz CT molecular complexity index is 1480. The van der Waals surface area contributed by atoms with Crippen LogP contribution in [0.1, 0.15) is 0 Å². The second-order valence-electron chi connectivity index (χ2n) is 7.08. The van der Waals surface area contributed by atoms with E-state index in [0.717, 1.165) is 0 Å². The summed E-state index contributed by atoms with van der Waals surface area (Å²) in [7, 11) is 2.97. The number of nitrogens with one attached hydrogen (secondary N) is 2. The van der Waals surface area contributed by atoms with Crippen LogP contribution in [0.15, 0.2) is 108 Å². The second kappa shape index (κ2) is 19.9. The molecule has 0 atom stereocenters. The Kier molecular flexibility index (Phi) is 16.5. The number of halogens is 2. The van der Waals surface area contributed by atoms with Crippen molar-refractivity contribution >= 4 is 23.2 Å². The molecule has 0 aliphatic carbocycles. The summed E-state index contributed by atoms with van der Waals surface area (Å²) in [6.45, 7) is 0. The highest BCUT2D eigenvalue weighted by Gasteiger charge is 2.04. The van der Waals surface area contributed by atoms with Gasteiger partial charge in [0.15, 0.2) is 11.2 Å². The molecule has 0 unspecified atom stereocenters. The van der Waals surface area contributed by atoms with E-state index < -0.39 is 0 Å². The largest absolute Gasteiger partial charge is 0.506 e. The smallest absolute Gasteiger partial charge is 0.256 e. The van der Waals surface area contributed by atoms with Crippen molar-refractivity contribution in [2.24, 2.45) is 0 Å². The number of aromatic amines is 2. The number of hydrogen-bond donors (Lipinski definition) is 5. The zero-order valence-corrected chi connectivity index (χ0v) is 23.3. The zero-order valence-electron chi connectivity index (χ0n) is 21.8. The van der Waals surface area contributed by atoms with Crippen LogP contribution in [0.4, 0.5) is 0 Å². The number of aromatic nitrogens is 5. The number of methoxy groups -OCH3 is 2. The van der Waals surface area contributed by atoms with E-state index in [2.05, 4.69) is 24.9 Å². The van der Waals surface area contributed by atoms with E-state index in [0.29, 0.717) is 21.7 Å². The fraction of sp³-hybridized carbons (Fsp3) is 0.0741. The van der Waals surface area contributed by atoms with Gasteiger partial charge in [-0.3, -0.25) is 19.6 Å². The molecule has 0 fully saturated rings. The first-order valence-corrected chi connectivity index (χ1v) is 12.0. The summed E-state index contributed by atoms with van der Waals surface area (Å²) in [6, 6.07) is 12.0. The van der Waals surface area contributed by atoms with E-state index in [9.17, 15) is 9.59 Å². The highest BCUT2D eigenvalue weighted by molar-refractivity contribution is 6.30. The second-order valence-corrected chi connectivity index (χ2v) is 7.96. The molecule has 41 heavy (non-hydrogen) atoms. The lowest BCUT2D eigenvalue weighted by Gasteiger charge is -2.04. The predicted molar refractivity (Wildman–Crippen MR) is 155 cm³/mol. The Hall–Kier alpha value is -5.07. The number of ether oxygens (including phenoxy) is 2. The monoisotopic (exact) mass is 603 g/mol. The molecule has 0 aliphatic rings. The van der Waals surface area contributed by atoms with Gasteiger partial charge in [-0.1, -0.05) is 23.2 Å². The van der Waals surface area contributed by atoms with Crippen molar-refractivity contribution in [3.63, 3.8) is 0 Å². The van der Waals surface area contributed by atoms with Crippen molar-refractivity contribution in [2.45, 2.75) is 0 Å². The molecule has 12 nitrogen and oxygen atoms in total. The van der Waals surface area contributed by atoms with Crippen LogP contribution in [0.5, 0.6) is 28.9 Å². The van der Waals surface area contributed by atoms with Crippen molar-refractivity contribution in [1.82, 2.24) is 24.9 Å². The third-order valence-electron chi connectivity index (χ3n) is 3.99. The van der Waals surface area contributed by atoms with Gasteiger partial charge in [-0.15, -0.1) is 0 Å². The van der Waals surface area contributed by atoms with Gasteiger partial charge in [0.2, 0.25) is 5.56 Å². The Labute approximate surface area is 244 Å². The molecular weight excluding hydrogens is 577 g/mol. The van der Waals surface area contributed by atoms with Crippen molar-refractivity contribution < 1.29 is 24.8 Å². The molecule has 5 N–H and O–H groups in total. The predicted octanol–water partition coefficient (Wildman–Crippen LogP) is 4.44. The molecule has 0 bridgehead atoms. The number of pyridine rings is 5. The summed E-state index contributed by atoms with van der Waals surface area (Å²) < 4.78 is 9.71. The van der Waals surface area contributed by atoms with Gasteiger partial charge in [-0.2, -0.15) is 0 Å². The number of aromatic hydroxyl groups is 3. The normalized spacial score (nSPS) is 8.98. The molecule has 0 spiro atoms. The number of nitrogens with zero attached hydrogens (tertiary/aromatic N) is 3. The lowest BCUT2D eigenvalue weighted by Crippen LogP contribution is -1.99. The van der Waals surface area contributed by atoms with Crippen molar-refractivity contribution in [2.75, 3.05) is 14.2 Å². The van der Waals surface area contributed by atoms with Crippen molar-refractivity contribution in [3.8, 4) is 28.9 Å². The highest BCUT2D eigenvalue weighted by atomic mass is 35.5. The third-order valence-corrected chi connectivity index (χ3v) is 4.43. The van der Waals surface area contributed by atoms with Crippen LogP contribution < -0.4 is 20.5 Å². The molecule has 0 aliphatic heterocycles. The van der Waals surface area contributed by atoms with E-state index in [1.54, 1.807) is 36.8 Å². The molecule has 0 aromatic carbocycles. The zero-order chi connectivity index (χ0) is 30.5. The van der Waals surface area contributed by atoms with Crippen LogP contribution in [0, 0.1) is 0 Å². The number of H-pyrrole nitrogens is 2. The maximum atomic E-state index is 10.3. The highest BCUT2D eigenvalue weighted by Crippen LogP contribution is 2.26. The van der Waals surface area contributed by atoms with Crippen LogP contribution in [0.25, 0.3) is 0 Å². The van der Waals surface area contributed by atoms with Crippen molar-refractivity contribution in [3.05, 3.63) is 129 Å². The standard InChI is InChI=1S/C7H9NO3.2C5H4ClNO.2C5H5NO/c1-10-6-3-5(9)4-8-7(6)11-2;6-4-1-5(8)3-7-2-4;6-4-1-2-5(8)7-3-4;7-5-1-3-6-4-2-5;7-5-2-1-3-6-4-5/h3-4,9H,1-2H3;1-3,8H;1-3H,(H,7,8);1-4H,(H,6,7);1-4,7H. The fourth-order valence-corrected chi connectivity index (χ4v) is 2.52. The van der Waals surface area contributed by atoms with E-state index in [-0.39, 0.29) is 28.2 Å². The average molecular weight is 604 g/mol. The van der Waals surface area contributed by atoms with Gasteiger partial charge < -0.3 is 34.8 Å². The van der Waals surface area contributed by atoms with E-state index in [1.165, 1.54) is 75.5 Å². The minimum Gasteiger partial charge on any atom is -0.506 e. The first-order chi connectivity index (χ1) is 19.6. The molecule has 5 rings (SSSR count). The molecule has 5 aromatic rings. The summed E-state index contributed by atoms with van der Waals surface area (Å²) in [5.74, 6) is 1.15. The SMILES string of the molecule is COc1cc(O)cnc1OC.O=c1cc[nH]cc1.O=c1ccc(Cl)c[nH]1.Oc1cccnc1.Oc1cncc(Cl)c1. The van der Waals surface area contributed by atoms with Crippen LogP contribution in [0.2, 0.25) is 10.0 Å². The van der Waals surface area contributed by atoms with Crippen molar-refractivity contribution in [1.29, 1.82) is 0 Å². The molecular formula is C27H27Cl2N5O7. The first kappa shape index (κ1) is 34.0. The minimum absolute atomic E-state index is 0.0405. The first-order valence-electron chi connectivity index (χ1n) is 11.3. The lowest BCUT2D eigenvalue weighted by atomic mass is 10.4. The topological polar surface area (TPSA) is 184 Å². The fourth-order valence-electron chi connectivity index (χ4n) is 2.24. The molecule has 0 amide bonds. The molecule has 0 saturated heterocycles. The maximum absolute atomic E-state index is 10.3. The lowest BCUT2D eigenvalue weighted by molar-refractivity contribution is 0.338. The Morgan fingerprint density at radius 1 is 0.756 bits per heavy atom. The van der Waals surface area contributed by atoms with Crippen LogP contribution >= 0.6 is 23.2 Å². The van der Waals surface area contributed by atoms with Crippen LogP contribution in [-0.2, 0) is 0 Å². The van der Waals surface area contributed by atoms with E-state index in [4.69, 9.17) is 48.0 Å². The van der Waals surface area contributed by atoms with Gasteiger partial charge in [-0.05, 0) is 18.2 Å². The molecule has 5 aromatic heterocycles. The van der Waals surface area contributed by atoms with Crippen LogP contribution in [-0.4, -0.2) is 54.5 Å². The molecule has 5 heterocycles. The van der Waals surface area contributed by atoms with Crippen LogP contribution in [0.3, 0.4) is 0 Å². The summed E-state index contributed by atoms with van der Waals surface area (Å²) >= 11 is 10.9. The summed E-state index contributed by atoms with van der Waals surface area (Å²) in [5, 5.41) is 27.2. The Balaban J connectivity index is 0.000000259. The Morgan fingerprint density at radius 2 is 1.44 bits per heavy atom. The number of hydrogen-bond acceptors (Lipinski definition) is 10. The third kappa shape index (κ3) is 16.5. The Morgan fingerprint density at radius 3 is 1.83 bits per heavy atom. The summed E-state index contributed by atoms with van der Waals surface area (Å²) in [4.78, 5) is 36.7. The molecule has 0 saturated carbocycles. The van der Waals surface area contributed by atoms with Gasteiger partial charge in [-0.25, -0.2) is 4.98 Å². The summed E-state index contributed by atoms with van der Waals surface area (Å²) in [6.07, 6.45) is 11.7. The van der Waals surface area contributed by atoms with Gasteiger partial charge in [0.1, 0.15) is 17.2 Å². The van der Waals surface area contributed by atoms with E-state index in [1.807, 2.05) is 0 Å². The average Bonchev–Trinajstić information content (AvgIpc) is 2.97. The number of rotatable bonds is 2. The van der Waals surface area contributed by atoms with Gasteiger partial charge >= 0.3 is 0 Å². The van der Waals surface area contributed by atoms with Gasteiger partial charge in [0.05, 0.1) is 42.9 Å². The van der Waals surface area contributed by atoms with Gasteiger partial charge in [0, 0.05) is 61.3 Å². The minimum atomic E-state index is -0.130. The van der Waals surface area contributed by atoms with E-state index >= 15 is 0 Å². The summed E-state index contributed by atoms with van der Waals surface area (Å²) in [5.41, 5.74) is -0.0897. The quantitative estimate of drug-likeness (QED) is 0.193. The van der Waals surface area contributed by atoms with Gasteiger partial charge in [0.25, 0.3) is 5.88 Å². The molecule has 14 heteroatoms.